The Labute approximate surface area is 105 Å². The predicted octanol–water partition coefficient (Wildman–Crippen LogP) is 4.76. The van der Waals surface area contributed by atoms with Gasteiger partial charge in [-0.2, -0.15) is 0 Å². The summed E-state index contributed by atoms with van der Waals surface area (Å²) in [5, 5.41) is 9.85. The fraction of sp³-hybridized carbons (Fsp3) is 0.750. The van der Waals surface area contributed by atoms with Gasteiger partial charge >= 0.3 is 0 Å². The van der Waals surface area contributed by atoms with Crippen molar-refractivity contribution < 1.29 is 5.11 Å². The Morgan fingerprint density at radius 1 is 1.24 bits per heavy atom. The highest BCUT2D eigenvalue weighted by Crippen LogP contribution is 2.56. The zero-order chi connectivity index (χ0) is 12.0. The third-order valence-corrected chi connectivity index (χ3v) is 5.61. The standard InChI is InChI=1S/C16H24O/c1-11-4-3-9-16(2)14(11)8-6-12-5-7-13(17)10-15(12)16/h10-11,14,17H,3-9H2,1-2H3. The molecule has 94 valence electrons. The van der Waals surface area contributed by atoms with Gasteiger partial charge in [0.15, 0.2) is 0 Å². The van der Waals surface area contributed by atoms with Gasteiger partial charge in [-0.1, -0.05) is 32.3 Å². The molecule has 3 unspecified atom stereocenters. The lowest BCUT2D eigenvalue weighted by atomic mass is 9.54. The smallest absolute Gasteiger partial charge is 0.0928 e. The molecule has 0 aliphatic heterocycles. The number of rotatable bonds is 0. The molecule has 3 rings (SSSR count). The van der Waals surface area contributed by atoms with Crippen LogP contribution in [0.25, 0.3) is 0 Å². The predicted molar refractivity (Wildman–Crippen MR) is 70.8 cm³/mol. The summed E-state index contributed by atoms with van der Waals surface area (Å²) in [6, 6.07) is 0. The number of fused-ring (bicyclic) bond motifs is 2. The Morgan fingerprint density at radius 2 is 2.06 bits per heavy atom. The zero-order valence-electron chi connectivity index (χ0n) is 11.1. The number of aliphatic hydroxyl groups excluding tert-OH is 1. The maximum Gasteiger partial charge on any atom is 0.0928 e. The van der Waals surface area contributed by atoms with E-state index in [0.717, 1.165) is 24.7 Å². The Morgan fingerprint density at radius 3 is 2.88 bits per heavy atom. The highest BCUT2D eigenvalue weighted by molar-refractivity contribution is 5.39. The van der Waals surface area contributed by atoms with E-state index in [1.807, 2.05) is 0 Å². The second-order valence-corrected chi connectivity index (χ2v) is 6.59. The molecule has 1 saturated carbocycles. The van der Waals surface area contributed by atoms with Crippen LogP contribution in [0.15, 0.2) is 23.0 Å². The SMILES string of the molecule is CC1CCCC2(C)C3=C(CCC(O)=C3)CCC12. The maximum atomic E-state index is 9.85. The minimum atomic E-state index is 0.361. The van der Waals surface area contributed by atoms with Crippen molar-refractivity contribution in [2.75, 3.05) is 0 Å². The van der Waals surface area contributed by atoms with Gasteiger partial charge in [-0.05, 0) is 54.6 Å². The van der Waals surface area contributed by atoms with E-state index >= 15 is 0 Å². The van der Waals surface area contributed by atoms with E-state index in [9.17, 15) is 5.11 Å². The van der Waals surface area contributed by atoms with Crippen molar-refractivity contribution in [2.24, 2.45) is 17.3 Å². The molecule has 0 saturated heterocycles. The first kappa shape index (κ1) is 11.4. The number of allylic oxidation sites excluding steroid dienone is 4. The fourth-order valence-corrected chi connectivity index (χ4v) is 4.66. The minimum Gasteiger partial charge on any atom is -0.512 e. The van der Waals surface area contributed by atoms with Crippen molar-refractivity contribution >= 4 is 0 Å². The van der Waals surface area contributed by atoms with Crippen molar-refractivity contribution in [1.82, 2.24) is 0 Å². The van der Waals surface area contributed by atoms with Crippen LogP contribution in [0.1, 0.15) is 58.8 Å². The van der Waals surface area contributed by atoms with Crippen molar-refractivity contribution in [3.63, 3.8) is 0 Å². The molecule has 0 spiro atoms. The van der Waals surface area contributed by atoms with Crippen molar-refractivity contribution in [2.45, 2.75) is 58.8 Å². The molecule has 1 fully saturated rings. The summed E-state index contributed by atoms with van der Waals surface area (Å²) < 4.78 is 0. The highest BCUT2D eigenvalue weighted by atomic mass is 16.3. The summed E-state index contributed by atoms with van der Waals surface area (Å²) in [4.78, 5) is 0. The van der Waals surface area contributed by atoms with Crippen LogP contribution in [-0.2, 0) is 0 Å². The van der Waals surface area contributed by atoms with E-state index in [1.54, 1.807) is 5.57 Å². The summed E-state index contributed by atoms with van der Waals surface area (Å²) in [5.74, 6) is 2.32. The van der Waals surface area contributed by atoms with Crippen LogP contribution in [0.3, 0.4) is 0 Å². The Hall–Kier alpha value is -0.720. The van der Waals surface area contributed by atoms with Gasteiger partial charge in [-0.3, -0.25) is 0 Å². The van der Waals surface area contributed by atoms with E-state index in [2.05, 4.69) is 19.9 Å². The number of hydrogen-bond acceptors (Lipinski definition) is 1. The Balaban J connectivity index is 2.03. The molecule has 3 aliphatic carbocycles. The largest absolute Gasteiger partial charge is 0.512 e. The van der Waals surface area contributed by atoms with Crippen LogP contribution in [0.4, 0.5) is 0 Å². The van der Waals surface area contributed by atoms with Gasteiger partial charge in [0, 0.05) is 6.42 Å². The van der Waals surface area contributed by atoms with Gasteiger partial charge in [-0.15, -0.1) is 0 Å². The minimum absolute atomic E-state index is 0.361. The average Bonchev–Trinajstić information content (AvgIpc) is 2.29. The lowest BCUT2D eigenvalue weighted by Crippen LogP contribution is -2.40. The quantitative estimate of drug-likeness (QED) is 0.638. The van der Waals surface area contributed by atoms with Crippen LogP contribution < -0.4 is 0 Å². The molecule has 1 N–H and O–H groups in total. The van der Waals surface area contributed by atoms with E-state index in [-0.39, 0.29) is 0 Å². The number of hydrogen-bond donors (Lipinski definition) is 1. The zero-order valence-corrected chi connectivity index (χ0v) is 11.1. The molecule has 0 bridgehead atoms. The summed E-state index contributed by atoms with van der Waals surface area (Å²) in [6.07, 6.45) is 10.8. The van der Waals surface area contributed by atoms with Crippen LogP contribution in [0.5, 0.6) is 0 Å². The summed E-state index contributed by atoms with van der Waals surface area (Å²) in [6.45, 7) is 4.89. The first-order chi connectivity index (χ1) is 8.11. The van der Waals surface area contributed by atoms with Crippen LogP contribution in [-0.4, -0.2) is 5.11 Å². The molecular weight excluding hydrogens is 208 g/mol. The fourth-order valence-electron chi connectivity index (χ4n) is 4.66. The summed E-state index contributed by atoms with van der Waals surface area (Å²) in [5.41, 5.74) is 3.53. The van der Waals surface area contributed by atoms with E-state index in [0.29, 0.717) is 11.2 Å². The van der Waals surface area contributed by atoms with Crippen LogP contribution in [0, 0.1) is 17.3 Å². The Kier molecular flexibility index (Phi) is 2.61. The maximum absolute atomic E-state index is 9.85. The molecular formula is C16H24O. The first-order valence-corrected chi connectivity index (χ1v) is 7.23. The van der Waals surface area contributed by atoms with Gasteiger partial charge in [0.25, 0.3) is 0 Å². The van der Waals surface area contributed by atoms with Gasteiger partial charge in [0.1, 0.15) is 0 Å². The molecule has 3 aliphatic rings. The number of aliphatic hydroxyl groups is 1. The lowest BCUT2D eigenvalue weighted by Gasteiger charge is -2.51. The molecule has 17 heavy (non-hydrogen) atoms. The van der Waals surface area contributed by atoms with Gasteiger partial charge in [-0.25, -0.2) is 0 Å². The van der Waals surface area contributed by atoms with E-state index in [1.165, 1.54) is 37.7 Å². The molecule has 0 radical (unpaired) electrons. The monoisotopic (exact) mass is 232 g/mol. The van der Waals surface area contributed by atoms with Crippen molar-refractivity contribution in [3.05, 3.63) is 23.0 Å². The molecule has 0 amide bonds. The van der Waals surface area contributed by atoms with E-state index < -0.39 is 0 Å². The molecule has 0 heterocycles. The second kappa shape index (κ2) is 3.90. The summed E-state index contributed by atoms with van der Waals surface area (Å²) >= 11 is 0. The normalized spacial score (nSPS) is 41.6. The van der Waals surface area contributed by atoms with Crippen LogP contribution in [0.2, 0.25) is 0 Å². The van der Waals surface area contributed by atoms with Gasteiger partial charge < -0.3 is 5.11 Å². The van der Waals surface area contributed by atoms with Crippen molar-refractivity contribution in [1.29, 1.82) is 0 Å². The molecule has 1 nitrogen and oxygen atoms in total. The lowest BCUT2D eigenvalue weighted by molar-refractivity contribution is 0.0826. The average molecular weight is 232 g/mol. The second-order valence-electron chi connectivity index (χ2n) is 6.59. The molecule has 0 aromatic rings. The van der Waals surface area contributed by atoms with Crippen LogP contribution >= 0.6 is 0 Å². The van der Waals surface area contributed by atoms with Gasteiger partial charge in [0.05, 0.1) is 5.76 Å². The highest BCUT2D eigenvalue weighted by Gasteiger charge is 2.45. The van der Waals surface area contributed by atoms with Crippen molar-refractivity contribution in [3.8, 4) is 0 Å². The van der Waals surface area contributed by atoms with E-state index in [4.69, 9.17) is 0 Å². The molecule has 0 aromatic carbocycles. The summed E-state index contributed by atoms with van der Waals surface area (Å²) in [7, 11) is 0. The first-order valence-electron chi connectivity index (χ1n) is 7.23. The Bertz CT molecular complexity index is 390. The van der Waals surface area contributed by atoms with Gasteiger partial charge in [0.2, 0.25) is 0 Å². The molecule has 1 heteroatoms. The topological polar surface area (TPSA) is 20.2 Å². The third-order valence-electron chi connectivity index (χ3n) is 5.61. The molecule has 0 aromatic heterocycles. The third kappa shape index (κ3) is 1.66. The molecule has 3 atom stereocenters.